The Labute approximate surface area is 117 Å². The van der Waals surface area contributed by atoms with E-state index in [0.29, 0.717) is 0 Å². The van der Waals surface area contributed by atoms with Gasteiger partial charge in [0.2, 0.25) is 0 Å². The summed E-state index contributed by atoms with van der Waals surface area (Å²) in [7, 11) is 0. The third-order valence-corrected chi connectivity index (χ3v) is 3.51. The first kappa shape index (κ1) is 13.6. The van der Waals surface area contributed by atoms with Crippen LogP contribution in [0.5, 0.6) is 0 Å². The number of aromatic nitrogens is 4. The van der Waals surface area contributed by atoms with Gasteiger partial charge in [0, 0.05) is 0 Å². The van der Waals surface area contributed by atoms with Gasteiger partial charge in [0.25, 0.3) is 5.91 Å². The normalized spacial score (nSPS) is 34.0. The van der Waals surface area contributed by atoms with E-state index in [9.17, 15) is 15.3 Å². The van der Waals surface area contributed by atoms with E-state index in [1.54, 1.807) is 0 Å². The Morgan fingerprint density at radius 3 is 2.75 bits per heavy atom. The van der Waals surface area contributed by atoms with Gasteiger partial charge in [-0.1, -0.05) is 11.6 Å². The van der Waals surface area contributed by atoms with E-state index in [4.69, 9.17) is 21.4 Å². The molecule has 0 bridgehead atoms. The second-order valence-electron chi connectivity index (χ2n) is 4.38. The molecule has 10 heteroatoms. The van der Waals surface area contributed by atoms with E-state index in [-0.39, 0.29) is 16.3 Å². The van der Waals surface area contributed by atoms with Crippen molar-refractivity contribution >= 4 is 22.8 Å². The minimum atomic E-state index is -2.31. The summed E-state index contributed by atoms with van der Waals surface area (Å²) in [5.74, 6) is -2.31. The van der Waals surface area contributed by atoms with Crippen LogP contribution in [-0.4, -0.2) is 64.9 Å². The molecular weight excluding hydrogens is 292 g/mol. The third kappa shape index (κ3) is 1.72. The van der Waals surface area contributed by atoms with Crippen LogP contribution in [0.25, 0.3) is 11.2 Å². The standard InChI is InChI=1S/C10H11ClN4O5/c11-8-5-9(13-2-12-8)15(3-14-5)10(19)7(18)6(17)4(1-16)20-10/h2-4,6-7,16-19H,1H2/t4-,6-,7-,10-/m1/s1. The van der Waals surface area contributed by atoms with Gasteiger partial charge >= 0.3 is 0 Å². The molecule has 1 aliphatic rings. The molecule has 1 fully saturated rings. The highest BCUT2D eigenvalue weighted by Gasteiger charge is 2.55. The van der Waals surface area contributed by atoms with E-state index in [1.165, 1.54) is 0 Å². The Morgan fingerprint density at radius 1 is 1.35 bits per heavy atom. The van der Waals surface area contributed by atoms with Crippen molar-refractivity contribution in [2.24, 2.45) is 0 Å². The van der Waals surface area contributed by atoms with Crippen molar-refractivity contribution < 1.29 is 25.2 Å². The fraction of sp³-hybridized carbons (Fsp3) is 0.500. The molecule has 2 aromatic heterocycles. The topological polar surface area (TPSA) is 134 Å². The summed E-state index contributed by atoms with van der Waals surface area (Å²) in [5, 5.41) is 39.3. The summed E-state index contributed by atoms with van der Waals surface area (Å²) in [4.78, 5) is 11.6. The Balaban J connectivity index is 2.13. The van der Waals surface area contributed by atoms with Crippen LogP contribution >= 0.6 is 11.6 Å². The molecule has 20 heavy (non-hydrogen) atoms. The molecule has 1 saturated heterocycles. The molecule has 0 amide bonds. The molecule has 0 unspecified atom stereocenters. The van der Waals surface area contributed by atoms with E-state index < -0.39 is 30.8 Å². The lowest BCUT2D eigenvalue weighted by molar-refractivity contribution is -0.287. The predicted molar refractivity (Wildman–Crippen MR) is 64.5 cm³/mol. The summed E-state index contributed by atoms with van der Waals surface area (Å²) in [6.45, 7) is -0.567. The highest BCUT2D eigenvalue weighted by molar-refractivity contribution is 6.33. The van der Waals surface area contributed by atoms with Gasteiger partial charge in [-0.2, -0.15) is 0 Å². The number of hydrogen-bond acceptors (Lipinski definition) is 8. The largest absolute Gasteiger partial charge is 0.394 e. The quantitative estimate of drug-likeness (QED) is 0.477. The van der Waals surface area contributed by atoms with Gasteiger partial charge in [0.05, 0.1) is 6.61 Å². The van der Waals surface area contributed by atoms with Gasteiger partial charge in [-0.05, 0) is 0 Å². The number of rotatable bonds is 2. The van der Waals surface area contributed by atoms with E-state index in [0.717, 1.165) is 17.2 Å². The van der Waals surface area contributed by atoms with Gasteiger partial charge < -0.3 is 25.2 Å². The first-order valence-electron chi connectivity index (χ1n) is 5.70. The Hall–Kier alpha value is -1.36. The van der Waals surface area contributed by atoms with Crippen molar-refractivity contribution in [3.8, 4) is 0 Å². The first-order valence-corrected chi connectivity index (χ1v) is 6.08. The molecule has 3 heterocycles. The fourth-order valence-corrected chi connectivity index (χ4v) is 2.35. The molecule has 0 spiro atoms. The number of fused-ring (bicyclic) bond motifs is 1. The highest BCUT2D eigenvalue weighted by Crippen LogP contribution is 2.35. The van der Waals surface area contributed by atoms with Crippen LogP contribution in [0.1, 0.15) is 0 Å². The number of aliphatic hydroxyl groups excluding tert-OH is 3. The lowest BCUT2D eigenvalue weighted by Gasteiger charge is -2.27. The van der Waals surface area contributed by atoms with Crippen molar-refractivity contribution in [2.45, 2.75) is 24.2 Å². The Kier molecular flexibility index (Phi) is 3.12. The van der Waals surface area contributed by atoms with Gasteiger partial charge in [-0.25, -0.2) is 15.0 Å². The second-order valence-corrected chi connectivity index (χ2v) is 4.74. The highest BCUT2D eigenvalue weighted by atomic mass is 35.5. The SMILES string of the molecule is OC[C@H]1O[C@@](O)(n2cnc3c(Cl)ncnc32)[C@H](O)[C@@H]1O. The van der Waals surface area contributed by atoms with Gasteiger partial charge in [-0.3, -0.25) is 4.57 Å². The van der Waals surface area contributed by atoms with Crippen molar-refractivity contribution in [1.29, 1.82) is 0 Å². The van der Waals surface area contributed by atoms with E-state index in [1.807, 2.05) is 0 Å². The molecule has 108 valence electrons. The van der Waals surface area contributed by atoms with Crippen molar-refractivity contribution in [1.82, 2.24) is 19.5 Å². The molecular formula is C10H11ClN4O5. The van der Waals surface area contributed by atoms with Gasteiger partial charge in [-0.15, -0.1) is 0 Å². The van der Waals surface area contributed by atoms with Crippen LogP contribution in [0.15, 0.2) is 12.7 Å². The molecule has 0 saturated carbocycles. The zero-order chi connectivity index (χ0) is 14.5. The van der Waals surface area contributed by atoms with Gasteiger partial charge in [0.1, 0.15) is 30.4 Å². The zero-order valence-electron chi connectivity index (χ0n) is 9.96. The maximum atomic E-state index is 10.5. The molecule has 0 aliphatic carbocycles. The monoisotopic (exact) mass is 302 g/mol. The predicted octanol–water partition coefficient (Wildman–Crippen LogP) is -1.80. The lowest BCUT2D eigenvalue weighted by Crippen LogP contribution is -2.45. The molecule has 0 radical (unpaired) electrons. The second kappa shape index (κ2) is 4.58. The van der Waals surface area contributed by atoms with E-state index >= 15 is 0 Å². The molecule has 4 N–H and O–H groups in total. The van der Waals surface area contributed by atoms with Crippen LogP contribution in [0, 0.1) is 0 Å². The van der Waals surface area contributed by atoms with E-state index in [2.05, 4.69) is 15.0 Å². The van der Waals surface area contributed by atoms with Crippen LogP contribution < -0.4 is 0 Å². The average molecular weight is 303 g/mol. The van der Waals surface area contributed by atoms with Gasteiger partial charge in [0.15, 0.2) is 16.9 Å². The van der Waals surface area contributed by atoms with Crippen LogP contribution in [0.3, 0.4) is 0 Å². The zero-order valence-corrected chi connectivity index (χ0v) is 10.7. The Bertz CT molecular complexity index is 652. The van der Waals surface area contributed by atoms with Crippen LogP contribution in [0.2, 0.25) is 5.15 Å². The Morgan fingerprint density at radius 2 is 2.10 bits per heavy atom. The van der Waals surface area contributed by atoms with Crippen LogP contribution in [0.4, 0.5) is 0 Å². The minimum Gasteiger partial charge on any atom is -0.394 e. The summed E-state index contributed by atoms with van der Waals surface area (Å²) in [5.41, 5.74) is 0.331. The number of aliphatic hydroxyl groups is 4. The number of hydrogen-bond donors (Lipinski definition) is 4. The van der Waals surface area contributed by atoms with Crippen LogP contribution in [-0.2, 0) is 10.6 Å². The van der Waals surface area contributed by atoms with Crippen molar-refractivity contribution in [2.75, 3.05) is 6.61 Å². The maximum absolute atomic E-state index is 10.5. The maximum Gasteiger partial charge on any atom is 0.286 e. The minimum absolute atomic E-state index is 0.0732. The molecule has 4 atom stereocenters. The van der Waals surface area contributed by atoms with Crippen molar-refractivity contribution in [3.05, 3.63) is 17.8 Å². The number of halogens is 1. The smallest absolute Gasteiger partial charge is 0.286 e. The lowest BCUT2D eigenvalue weighted by atomic mass is 10.1. The summed E-state index contributed by atoms with van der Waals surface area (Å²) in [6, 6.07) is 0. The summed E-state index contributed by atoms with van der Waals surface area (Å²) in [6.07, 6.45) is -1.97. The van der Waals surface area contributed by atoms with Crippen molar-refractivity contribution in [3.63, 3.8) is 0 Å². The molecule has 9 nitrogen and oxygen atoms in total. The fourth-order valence-electron chi connectivity index (χ4n) is 2.17. The number of ether oxygens (including phenoxy) is 1. The first-order chi connectivity index (χ1) is 9.49. The third-order valence-electron chi connectivity index (χ3n) is 3.23. The summed E-state index contributed by atoms with van der Waals surface area (Å²) >= 11 is 5.84. The average Bonchev–Trinajstić information content (AvgIpc) is 2.96. The molecule has 2 aromatic rings. The number of nitrogens with zero attached hydrogens (tertiary/aromatic N) is 4. The molecule has 3 rings (SSSR count). The number of imidazole rings is 1. The molecule has 1 aliphatic heterocycles. The summed E-state index contributed by atoms with van der Waals surface area (Å²) < 4.78 is 6.17. The molecule has 0 aromatic carbocycles.